The number of carbonyl (C=O) groups excluding carboxylic acids is 2. The molecule has 0 aliphatic heterocycles. The number of hydrogen-bond donors (Lipinski definition) is 1. The Labute approximate surface area is 106 Å². The normalized spacial score (nSPS) is 12.3. The zero-order chi connectivity index (χ0) is 13.9. The van der Waals surface area contributed by atoms with Crippen LogP contribution < -0.4 is 5.32 Å². The standard InChI is InChI=1S/C12H18N2O4/c1-6(2)10-9(7(3)14-18-10)11(15)13-8(4)12(16)17-5/h6,8H,1-5H3,(H,13,15). The Bertz CT molecular complexity index is 451. The lowest BCUT2D eigenvalue weighted by molar-refractivity contribution is -0.142. The van der Waals surface area contributed by atoms with Gasteiger partial charge in [-0.05, 0) is 13.8 Å². The van der Waals surface area contributed by atoms with Crippen LogP contribution in [0.5, 0.6) is 0 Å². The van der Waals surface area contributed by atoms with Crippen LogP contribution in [0, 0.1) is 6.92 Å². The number of rotatable bonds is 4. The van der Waals surface area contributed by atoms with Crippen molar-refractivity contribution in [3.63, 3.8) is 0 Å². The summed E-state index contributed by atoms with van der Waals surface area (Å²) in [7, 11) is 1.27. The number of methoxy groups -OCH3 is 1. The zero-order valence-electron chi connectivity index (χ0n) is 11.2. The lowest BCUT2D eigenvalue weighted by atomic mass is 10.0. The number of esters is 1. The molecule has 0 saturated heterocycles. The van der Waals surface area contributed by atoms with Crippen LogP contribution in [0.25, 0.3) is 0 Å². The Kier molecular flexibility index (Phi) is 4.47. The second kappa shape index (κ2) is 5.66. The maximum Gasteiger partial charge on any atom is 0.328 e. The Morgan fingerprint density at radius 3 is 2.44 bits per heavy atom. The number of aryl methyl sites for hydroxylation is 1. The van der Waals surface area contributed by atoms with Gasteiger partial charge in [0.15, 0.2) is 5.76 Å². The fourth-order valence-corrected chi connectivity index (χ4v) is 1.56. The SMILES string of the molecule is COC(=O)C(C)NC(=O)c1c(C)noc1C(C)C. The van der Waals surface area contributed by atoms with Gasteiger partial charge in [-0.15, -0.1) is 0 Å². The van der Waals surface area contributed by atoms with Crippen LogP contribution in [0.1, 0.15) is 48.5 Å². The summed E-state index contributed by atoms with van der Waals surface area (Å²) in [6.45, 7) is 7.05. The average molecular weight is 254 g/mol. The minimum atomic E-state index is -0.711. The molecule has 0 aliphatic rings. The summed E-state index contributed by atoms with van der Waals surface area (Å²) >= 11 is 0. The summed E-state index contributed by atoms with van der Waals surface area (Å²) in [5, 5.41) is 6.33. The van der Waals surface area contributed by atoms with Gasteiger partial charge in [0.05, 0.1) is 12.8 Å². The maximum atomic E-state index is 12.1. The van der Waals surface area contributed by atoms with Gasteiger partial charge in [-0.2, -0.15) is 0 Å². The van der Waals surface area contributed by atoms with Crippen molar-refractivity contribution in [2.75, 3.05) is 7.11 Å². The first-order valence-electron chi connectivity index (χ1n) is 5.73. The van der Waals surface area contributed by atoms with Gasteiger partial charge in [0.25, 0.3) is 5.91 Å². The number of carbonyl (C=O) groups is 2. The van der Waals surface area contributed by atoms with Gasteiger partial charge in [0.2, 0.25) is 0 Å². The fraction of sp³-hybridized carbons (Fsp3) is 0.583. The lowest BCUT2D eigenvalue weighted by Gasteiger charge is -2.12. The Morgan fingerprint density at radius 2 is 1.94 bits per heavy atom. The molecular formula is C12H18N2O4. The monoisotopic (exact) mass is 254 g/mol. The summed E-state index contributed by atoms with van der Waals surface area (Å²) < 4.78 is 9.66. The molecule has 0 bridgehead atoms. The molecular weight excluding hydrogens is 236 g/mol. The van der Waals surface area contributed by atoms with Crippen LogP contribution in [-0.2, 0) is 9.53 Å². The predicted molar refractivity (Wildman–Crippen MR) is 64.3 cm³/mol. The molecule has 0 spiro atoms. The van der Waals surface area contributed by atoms with Crippen molar-refractivity contribution >= 4 is 11.9 Å². The number of amides is 1. The van der Waals surface area contributed by atoms with Crippen LogP contribution in [-0.4, -0.2) is 30.2 Å². The molecule has 1 aromatic heterocycles. The van der Waals surface area contributed by atoms with E-state index in [4.69, 9.17) is 4.52 Å². The molecule has 6 heteroatoms. The Morgan fingerprint density at radius 1 is 1.33 bits per heavy atom. The van der Waals surface area contributed by atoms with Gasteiger partial charge < -0.3 is 14.6 Å². The van der Waals surface area contributed by atoms with Gasteiger partial charge in [0, 0.05) is 5.92 Å². The molecule has 100 valence electrons. The molecule has 1 heterocycles. The first-order valence-corrected chi connectivity index (χ1v) is 5.73. The summed E-state index contributed by atoms with van der Waals surface area (Å²) in [5.41, 5.74) is 0.897. The van der Waals surface area contributed by atoms with Crippen molar-refractivity contribution < 1.29 is 18.8 Å². The topological polar surface area (TPSA) is 81.4 Å². The van der Waals surface area contributed by atoms with E-state index in [-0.39, 0.29) is 11.8 Å². The van der Waals surface area contributed by atoms with Crippen molar-refractivity contribution in [3.8, 4) is 0 Å². The van der Waals surface area contributed by atoms with Crippen molar-refractivity contribution in [3.05, 3.63) is 17.0 Å². The number of ether oxygens (including phenoxy) is 1. The van der Waals surface area contributed by atoms with E-state index in [2.05, 4.69) is 15.2 Å². The van der Waals surface area contributed by atoms with Crippen molar-refractivity contribution in [1.82, 2.24) is 10.5 Å². The minimum absolute atomic E-state index is 0.0420. The molecule has 1 atom stereocenters. The number of hydrogen-bond acceptors (Lipinski definition) is 5. The third-order valence-corrected chi connectivity index (χ3v) is 2.54. The van der Waals surface area contributed by atoms with Gasteiger partial charge in [-0.3, -0.25) is 4.79 Å². The Balaban J connectivity index is 2.91. The molecule has 0 aromatic carbocycles. The van der Waals surface area contributed by atoms with E-state index in [9.17, 15) is 9.59 Å². The molecule has 6 nitrogen and oxygen atoms in total. The van der Waals surface area contributed by atoms with Crippen molar-refractivity contribution in [2.45, 2.75) is 39.7 Å². The molecule has 1 N–H and O–H groups in total. The highest BCUT2D eigenvalue weighted by Gasteiger charge is 2.25. The van der Waals surface area contributed by atoms with Gasteiger partial charge >= 0.3 is 5.97 Å². The molecule has 1 unspecified atom stereocenters. The first kappa shape index (κ1) is 14.2. The van der Waals surface area contributed by atoms with Gasteiger partial charge in [-0.25, -0.2) is 4.79 Å². The van der Waals surface area contributed by atoms with E-state index >= 15 is 0 Å². The van der Waals surface area contributed by atoms with E-state index in [0.717, 1.165) is 0 Å². The largest absolute Gasteiger partial charge is 0.467 e. The molecule has 0 radical (unpaired) electrons. The second-order valence-electron chi connectivity index (χ2n) is 4.38. The third-order valence-electron chi connectivity index (χ3n) is 2.54. The number of aromatic nitrogens is 1. The van der Waals surface area contributed by atoms with Crippen LogP contribution >= 0.6 is 0 Å². The molecule has 0 fully saturated rings. The van der Waals surface area contributed by atoms with Crippen LogP contribution in [0.15, 0.2) is 4.52 Å². The smallest absolute Gasteiger partial charge is 0.328 e. The van der Waals surface area contributed by atoms with E-state index < -0.39 is 12.0 Å². The summed E-state index contributed by atoms with van der Waals surface area (Å²) in [4.78, 5) is 23.3. The van der Waals surface area contributed by atoms with Crippen molar-refractivity contribution in [1.29, 1.82) is 0 Å². The lowest BCUT2D eigenvalue weighted by Crippen LogP contribution is -2.39. The van der Waals surface area contributed by atoms with E-state index in [0.29, 0.717) is 17.0 Å². The number of nitrogens with one attached hydrogen (secondary N) is 1. The average Bonchev–Trinajstić information content (AvgIpc) is 2.69. The van der Waals surface area contributed by atoms with Gasteiger partial charge in [-0.1, -0.05) is 19.0 Å². The number of nitrogens with zero attached hydrogens (tertiary/aromatic N) is 1. The highest BCUT2D eigenvalue weighted by atomic mass is 16.5. The van der Waals surface area contributed by atoms with Crippen LogP contribution in [0.2, 0.25) is 0 Å². The van der Waals surface area contributed by atoms with E-state index in [1.807, 2.05) is 13.8 Å². The first-order chi connectivity index (χ1) is 8.38. The highest BCUT2D eigenvalue weighted by Crippen LogP contribution is 2.22. The molecule has 1 rings (SSSR count). The minimum Gasteiger partial charge on any atom is -0.467 e. The molecule has 0 saturated carbocycles. The van der Waals surface area contributed by atoms with E-state index in [1.165, 1.54) is 7.11 Å². The third kappa shape index (κ3) is 2.88. The van der Waals surface area contributed by atoms with Crippen molar-refractivity contribution in [2.24, 2.45) is 0 Å². The highest BCUT2D eigenvalue weighted by molar-refractivity contribution is 5.98. The summed E-state index contributed by atoms with van der Waals surface area (Å²) in [6.07, 6.45) is 0. The fourth-order valence-electron chi connectivity index (χ4n) is 1.56. The van der Waals surface area contributed by atoms with E-state index in [1.54, 1.807) is 13.8 Å². The van der Waals surface area contributed by atoms with Crippen LogP contribution in [0.3, 0.4) is 0 Å². The molecule has 1 amide bonds. The summed E-state index contributed by atoms with van der Waals surface area (Å²) in [6, 6.07) is -0.711. The maximum absolute atomic E-state index is 12.1. The zero-order valence-corrected chi connectivity index (χ0v) is 11.2. The van der Waals surface area contributed by atoms with Crippen LogP contribution in [0.4, 0.5) is 0 Å². The molecule has 1 aromatic rings. The van der Waals surface area contributed by atoms with Gasteiger partial charge in [0.1, 0.15) is 11.6 Å². The molecule has 18 heavy (non-hydrogen) atoms. The summed E-state index contributed by atoms with van der Waals surface area (Å²) in [5.74, 6) is -0.318. The predicted octanol–water partition coefficient (Wildman–Crippen LogP) is 1.40. The Hall–Kier alpha value is -1.85. The second-order valence-corrected chi connectivity index (χ2v) is 4.38. The molecule has 0 aliphatic carbocycles. The quantitative estimate of drug-likeness (QED) is 0.821.